The minimum absolute atomic E-state index is 0.316. The van der Waals surface area contributed by atoms with Gasteiger partial charge in [0.1, 0.15) is 12.3 Å². The van der Waals surface area contributed by atoms with E-state index >= 15 is 0 Å². The van der Waals surface area contributed by atoms with Crippen LogP contribution in [0, 0.1) is 0 Å². The van der Waals surface area contributed by atoms with Crippen LogP contribution in [0.25, 0.3) is 0 Å². The van der Waals surface area contributed by atoms with Gasteiger partial charge in [0, 0.05) is 5.71 Å². The van der Waals surface area contributed by atoms with Crippen LogP contribution in [0.3, 0.4) is 0 Å². The van der Waals surface area contributed by atoms with Gasteiger partial charge in [-0.25, -0.2) is 13.8 Å². The Labute approximate surface area is 155 Å². The summed E-state index contributed by atoms with van der Waals surface area (Å²) in [6.45, 7) is 2.08. The molecule has 1 fully saturated rings. The Morgan fingerprint density at radius 1 is 1.15 bits per heavy atom. The first-order valence-corrected chi connectivity index (χ1v) is 10.8. The molecule has 26 heavy (non-hydrogen) atoms. The number of nitrogens with one attached hydrogen (secondary N) is 1. The molecule has 0 bridgehead atoms. The largest absolute Gasteiger partial charge is 0.494 e. The molecule has 0 saturated heterocycles. The summed E-state index contributed by atoms with van der Waals surface area (Å²) in [7, 11) is -3.60. The molecule has 1 aliphatic rings. The highest BCUT2D eigenvalue weighted by Crippen LogP contribution is 2.21. The molecule has 1 amide bonds. The van der Waals surface area contributed by atoms with Crippen molar-refractivity contribution in [1.82, 2.24) is 5.43 Å². The van der Waals surface area contributed by atoms with Gasteiger partial charge in [-0.2, -0.15) is 5.10 Å². The zero-order valence-corrected chi connectivity index (χ0v) is 16.2. The molecule has 0 radical (unpaired) electrons. The Balaban J connectivity index is 2.05. The predicted octanol–water partition coefficient (Wildman–Crippen LogP) is 2.68. The van der Waals surface area contributed by atoms with Crippen molar-refractivity contribution in [3.8, 4) is 5.75 Å². The second-order valence-electron chi connectivity index (χ2n) is 6.32. The first-order valence-electron chi connectivity index (χ1n) is 8.95. The van der Waals surface area contributed by atoms with E-state index in [0.29, 0.717) is 18.0 Å². The first-order chi connectivity index (χ1) is 12.4. The van der Waals surface area contributed by atoms with Gasteiger partial charge in [-0.1, -0.05) is 12.8 Å². The third kappa shape index (κ3) is 6.33. The molecule has 0 atom stereocenters. The summed E-state index contributed by atoms with van der Waals surface area (Å²) >= 11 is 0. The van der Waals surface area contributed by atoms with Gasteiger partial charge in [-0.3, -0.25) is 9.10 Å². The van der Waals surface area contributed by atoms with Crippen LogP contribution < -0.4 is 14.5 Å². The summed E-state index contributed by atoms with van der Waals surface area (Å²) in [6, 6.07) is 6.61. The molecule has 1 aromatic carbocycles. The summed E-state index contributed by atoms with van der Waals surface area (Å²) in [5.41, 5.74) is 3.89. The Morgan fingerprint density at radius 2 is 1.77 bits per heavy atom. The van der Waals surface area contributed by atoms with E-state index in [-0.39, 0.29) is 6.54 Å². The lowest BCUT2D eigenvalue weighted by Crippen LogP contribution is -2.39. The number of rotatable bonds is 7. The Hall–Kier alpha value is -2.09. The highest BCUT2D eigenvalue weighted by atomic mass is 32.2. The fraction of sp³-hybridized carbons (Fsp3) is 0.556. The molecule has 1 aromatic rings. The van der Waals surface area contributed by atoms with Gasteiger partial charge in [0.05, 0.1) is 18.6 Å². The van der Waals surface area contributed by atoms with Crippen molar-refractivity contribution < 1.29 is 17.9 Å². The van der Waals surface area contributed by atoms with Gasteiger partial charge in [0.2, 0.25) is 10.0 Å². The van der Waals surface area contributed by atoms with Crippen molar-refractivity contribution in [2.75, 3.05) is 23.7 Å². The Kier molecular flexibility index (Phi) is 7.44. The lowest BCUT2D eigenvalue weighted by molar-refractivity contribution is -0.119. The number of carbonyl (C=O) groups is 1. The topological polar surface area (TPSA) is 88.1 Å². The quantitative estimate of drug-likeness (QED) is 0.581. The number of sulfonamides is 1. The average molecular weight is 381 g/mol. The lowest BCUT2D eigenvalue weighted by Gasteiger charge is -2.21. The van der Waals surface area contributed by atoms with Crippen LogP contribution >= 0.6 is 0 Å². The molecular formula is C18H27N3O4S. The number of benzene rings is 1. The Morgan fingerprint density at radius 3 is 2.31 bits per heavy atom. The number of hydrazone groups is 1. The number of nitrogens with zero attached hydrogens (tertiary/aromatic N) is 2. The van der Waals surface area contributed by atoms with Gasteiger partial charge in [-0.15, -0.1) is 0 Å². The molecule has 7 nitrogen and oxygen atoms in total. The van der Waals surface area contributed by atoms with Crippen LogP contribution in [0.4, 0.5) is 5.69 Å². The van der Waals surface area contributed by atoms with E-state index in [9.17, 15) is 13.2 Å². The fourth-order valence-corrected chi connectivity index (χ4v) is 3.69. The van der Waals surface area contributed by atoms with Crippen molar-refractivity contribution in [2.24, 2.45) is 5.10 Å². The number of carbonyl (C=O) groups excluding carboxylic acids is 1. The van der Waals surface area contributed by atoms with Gasteiger partial charge in [-0.05, 0) is 56.9 Å². The van der Waals surface area contributed by atoms with Gasteiger partial charge >= 0.3 is 0 Å². The lowest BCUT2D eigenvalue weighted by atomic mass is 10.2. The van der Waals surface area contributed by atoms with E-state index in [4.69, 9.17) is 4.74 Å². The van der Waals surface area contributed by atoms with Crippen LogP contribution in [-0.2, 0) is 14.8 Å². The molecule has 0 unspecified atom stereocenters. The van der Waals surface area contributed by atoms with Gasteiger partial charge < -0.3 is 4.74 Å². The van der Waals surface area contributed by atoms with Crippen molar-refractivity contribution in [2.45, 2.75) is 45.4 Å². The van der Waals surface area contributed by atoms with E-state index in [1.165, 1.54) is 12.8 Å². The van der Waals surface area contributed by atoms with E-state index in [1.54, 1.807) is 24.3 Å². The minimum atomic E-state index is -3.60. The third-order valence-electron chi connectivity index (χ3n) is 4.14. The maximum atomic E-state index is 12.2. The number of hydrogen-bond acceptors (Lipinski definition) is 5. The number of amides is 1. The molecule has 144 valence electrons. The second kappa shape index (κ2) is 9.56. The first kappa shape index (κ1) is 20.2. The highest BCUT2D eigenvalue weighted by Gasteiger charge is 2.21. The fourth-order valence-electron chi connectivity index (χ4n) is 2.83. The second-order valence-corrected chi connectivity index (χ2v) is 8.23. The van der Waals surface area contributed by atoms with Crippen LogP contribution in [0.15, 0.2) is 29.4 Å². The van der Waals surface area contributed by atoms with Crippen molar-refractivity contribution in [3.05, 3.63) is 24.3 Å². The number of hydrogen-bond donors (Lipinski definition) is 1. The number of ether oxygens (including phenoxy) is 1. The molecule has 0 heterocycles. The zero-order valence-electron chi connectivity index (χ0n) is 15.4. The van der Waals surface area contributed by atoms with Crippen molar-refractivity contribution in [3.63, 3.8) is 0 Å². The van der Waals surface area contributed by atoms with Crippen molar-refractivity contribution >= 4 is 27.3 Å². The molecule has 1 N–H and O–H groups in total. The normalized spacial score (nSPS) is 15.1. The smallest absolute Gasteiger partial charge is 0.260 e. The summed E-state index contributed by atoms with van der Waals surface area (Å²) in [4.78, 5) is 12.2. The molecule has 8 heteroatoms. The van der Waals surface area contributed by atoms with E-state index in [0.717, 1.165) is 42.0 Å². The van der Waals surface area contributed by atoms with E-state index in [2.05, 4.69) is 10.5 Å². The predicted molar refractivity (Wildman–Crippen MR) is 103 cm³/mol. The summed E-state index contributed by atoms with van der Waals surface area (Å²) in [6.07, 6.45) is 7.38. The molecule has 0 aliphatic heterocycles. The summed E-state index contributed by atoms with van der Waals surface area (Å²) in [5.74, 6) is 0.190. The van der Waals surface area contributed by atoms with Gasteiger partial charge in [0.15, 0.2) is 0 Å². The maximum absolute atomic E-state index is 12.2. The zero-order chi connectivity index (χ0) is 19.0. The monoisotopic (exact) mass is 381 g/mol. The molecule has 0 spiro atoms. The van der Waals surface area contributed by atoms with Crippen molar-refractivity contribution in [1.29, 1.82) is 0 Å². The average Bonchev–Trinajstić information content (AvgIpc) is 2.87. The van der Waals surface area contributed by atoms with Crippen LogP contribution in [0.2, 0.25) is 0 Å². The number of anilines is 1. The Bertz CT molecular complexity index is 719. The molecule has 2 rings (SSSR count). The van der Waals surface area contributed by atoms with Crippen LogP contribution in [0.1, 0.15) is 45.4 Å². The standard InChI is InChI=1S/C18H27N3O4S/c1-3-25-17-12-10-16(11-13-17)21(26(2,23)24)14-18(22)20-19-15-8-6-4-5-7-9-15/h10-13H,3-9,14H2,1-2H3,(H,20,22). The molecular weight excluding hydrogens is 354 g/mol. The maximum Gasteiger partial charge on any atom is 0.260 e. The SMILES string of the molecule is CCOc1ccc(N(CC(=O)NN=C2CCCCCC2)S(C)(=O)=O)cc1. The summed E-state index contributed by atoms with van der Waals surface area (Å²) in [5, 5.41) is 4.19. The van der Waals surface area contributed by atoms with Gasteiger partial charge in [0.25, 0.3) is 5.91 Å². The molecule has 0 aromatic heterocycles. The van der Waals surface area contributed by atoms with Crippen LogP contribution in [0.5, 0.6) is 5.75 Å². The summed E-state index contributed by atoms with van der Waals surface area (Å²) < 4.78 is 30.6. The highest BCUT2D eigenvalue weighted by molar-refractivity contribution is 7.92. The van der Waals surface area contributed by atoms with Crippen LogP contribution in [-0.4, -0.2) is 39.4 Å². The third-order valence-corrected chi connectivity index (χ3v) is 5.28. The minimum Gasteiger partial charge on any atom is -0.494 e. The molecule has 1 saturated carbocycles. The van der Waals surface area contributed by atoms with E-state index in [1.807, 2.05) is 6.92 Å². The molecule has 1 aliphatic carbocycles. The van der Waals surface area contributed by atoms with E-state index < -0.39 is 15.9 Å².